The molecule has 0 aromatic rings. The van der Waals surface area contributed by atoms with Gasteiger partial charge in [-0.25, -0.2) is 4.79 Å². The van der Waals surface area contributed by atoms with E-state index in [4.69, 9.17) is 34.0 Å². The molecule has 0 radical (unpaired) electrons. The number of rotatable bonds is 10. The van der Waals surface area contributed by atoms with E-state index < -0.39 is 85.0 Å². The van der Waals surface area contributed by atoms with E-state index in [2.05, 4.69) is 15.3 Å². The molecule has 1 aliphatic rings. The molecule has 0 saturated carbocycles. The number of esters is 5. The van der Waals surface area contributed by atoms with Crippen molar-refractivity contribution in [3.05, 3.63) is 10.4 Å². The van der Waals surface area contributed by atoms with Crippen LogP contribution in [0.2, 0.25) is 0 Å². The van der Waals surface area contributed by atoms with Gasteiger partial charge in [0, 0.05) is 46.0 Å². The van der Waals surface area contributed by atoms with Crippen LogP contribution in [-0.2, 0) is 57.2 Å². The second-order valence-corrected chi connectivity index (χ2v) is 7.65. The SMILES string of the molecule is COC(=O)[C@@]1(N=[N+]=[N-])C[C@H](OC(C)=O)[C@@H](NC(C)=O)[C@H]([C@H](OC(C)=O)[C@@H](COC(C)=O)OC(C)=O)O1. The fourth-order valence-electron chi connectivity index (χ4n) is 3.59. The smallest absolute Gasteiger partial charge is 0.344 e. The summed E-state index contributed by atoms with van der Waals surface area (Å²) in [6, 6.07) is -1.34. The maximum Gasteiger partial charge on any atom is 0.344 e. The zero-order valence-corrected chi connectivity index (χ0v) is 20.5. The van der Waals surface area contributed by atoms with Gasteiger partial charge in [-0.15, -0.1) is 0 Å². The molecule has 0 spiro atoms. The average molecular weight is 516 g/mol. The Morgan fingerprint density at radius 3 is 2.08 bits per heavy atom. The number of azide groups is 1. The van der Waals surface area contributed by atoms with Crippen molar-refractivity contribution in [3.63, 3.8) is 0 Å². The summed E-state index contributed by atoms with van der Waals surface area (Å²) in [5.74, 6) is -5.25. The lowest BCUT2D eigenvalue weighted by Crippen LogP contribution is -2.68. The first-order valence-electron chi connectivity index (χ1n) is 10.5. The van der Waals surface area contributed by atoms with E-state index in [1.807, 2.05) is 0 Å². The van der Waals surface area contributed by atoms with Gasteiger partial charge < -0.3 is 33.7 Å². The first-order valence-corrected chi connectivity index (χ1v) is 10.5. The lowest BCUT2D eigenvalue weighted by Gasteiger charge is -2.47. The summed E-state index contributed by atoms with van der Waals surface area (Å²) in [4.78, 5) is 74.4. The highest BCUT2D eigenvalue weighted by Crippen LogP contribution is 2.37. The Bertz CT molecular complexity index is 934. The highest BCUT2D eigenvalue weighted by molar-refractivity contribution is 5.80. The van der Waals surface area contributed by atoms with Crippen LogP contribution in [-0.4, -0.2) is 85.7 Å². The molecule has 36 heavy (non-hydrogen) atoms. The minimum Gasteiger partial charge on any atom is -0.467 e. The number of amides is 1. The molecule has 1 N–H and O–H groups in total. The summed E-state index contributed by atoms with van der Waals surface area (Å²) in [5, 5.41) is 5.89. The van der Waals surface area contributed by atoms with Crippen molar-refractivity contribution in [1.29, 1.82) is 0 Å². The van der Waals surface area contributed by atoms with Crippen molar-refractivity contribution in [3.8, 4) is 0 Å². The van der Waals surface area contributed by atoms with E-state index in [1.54, 1.807) is 0 Å². The first-order chi connectivity index (χ1) is 16.8. The topological polar surface area (TPSA) is 219 Å². The van der Waals surface area contributed by atoms with Crippen LogP contribution < -0.4 is 5.32 Å². The molecule has 1 rings (SSSR count). The van der Waals surface area contributed by atoms with Crippen LogP contribution in [0.15, 0.2) is 5.11 Å². The summed E-state index contributed by atoms with van der Waals surface area (Å²) >= 11 is 0. The van der Waals surface area contributed by atoms with E-state index in [-0.39, 0.29) is 0 Å². The molecule has 1 fully saturated rings. The number of carbonyl (C=O) groups excluding carboxylic acids is 6. The van der Waals surface area contributed by atoms with Crippen LogP contribution in [0, 0.1) is 0 Å². The first kappa shape index (κ1) is 30.1. The number of nitrogens with zero attached hydrogens (tertiary/aromatic N) is 3. The molecule has 1 saturated heterocycles. The number of hydrogen-bond donors (Lipinski definition) is 1. The Labute approximate surface area is 205 Å². The number of carbonyl (C=O) groups is 6. The van der Waals surface area contributed by atoms with Crippen LogP contribution in [0.4, 0.5) is 0 Å². The monoisotopic (exact) mass is 516 g/mol. The number of nitrogens with one attached hydrogen (secondary N) is 1. The van der Waals surface area contributed by atoms with Crippen LogP contribution >= 0.6 is 0 Å². The minimum atomic E-state index is -2.45. The maximum atomic E-state index is 12.7. The minimum absolute atomic E-state index is 0.597. The molecule has 0 unspecified atom stereocenters. The largest absolute Gasteiger partial charge is 0.467 e. The van der Waals surface area contributed by atoms with Crippen LogP contribution in [0.1, 0.15) is 41.0 Å². The fourth-order valence-corrected chi connectivity index (χ4v) is 3.59. The Balaban J connectivity index is 3.81. The van der Waals surface area contributed by atoms with Crippen LogP contribution in [0.25, 0.3) is 10.4 Å². The number of ether oxygens (including phenoxy) is 6. The van der Waals surface area contributed by atoms with Gasteiger partial charge in [0.25, 0.3) is 0 Å². The van der Waals surface area contributed by atoms with Crippen LogP contribution in [0.3, 0.4) is 0 Å². The van der Waals surface area contributed by atoms with E-state index in [9.17, 15) is 28.8 Å². The molecule has 1 amide bonds. The zero-order chi connectivity index (χ0) is 27.6. The van der Waals surface area contributed by atoms with Crippen molar-refractivity contribution in [2.24, 2.45) is 5.11 Å². The molecule has 16 heteroatoms. The predicted molar refractivity (Wildman–Crippen MR) is 114 cm³/mol. The Kier molecular flexibility index (Phi) is 11.1. The Hall–Kier alpha value is -3.91. The van der Waals surface area contributed by atoms with Gasteiger partial charge in [0.2, 0.25) is 11.6 Å². The van der Waals surface area contributed by atoms with Crippen molar-refractivity contribution in [1.82, 2.24) is 5.32 Å². The van der Waals surface area contributed by atoms with Gasteiger partial charge in [-0.05, 0) is 10.6 Å². The number of methoxy groups -OCH3 is 1. The molecule has 0 aromatic carbocycles. The highest BCUT2D eigenvalue weighted by Gasteiger charge is 2.58. The van der Waals surface area contributed by atoms with Crippen LogP contribution in [0.5, 0.6) is 0 Å². The van der Waals surface area contributed by atoms with E-state index in [0.717, 1.165) is 41.7 Å². The summed E-state index contributed by atoms with van der Waals surface area (Å²) < 4.78 is 31.2. The molecule has 0 bridgehead atoms. The molecule has 16 nitrogen and oxygen atoms in total. The molecule has 6 atom stereocenters. The molecular formula is C20H28N4O12. The summed E-state index contributed by atoms with van der Waals surface area (Å²) in [6.45, 7) is 4.65. The maximum absolute atomic E-state index is 12.7. The van der Waals surface area contributed by atoms with Gasteiger partial charge in [-0.3, -0.25) is 24.0 Å². The third-order valence-electron chi connectivity index (χ3n) is 4.72. The highest BCUT2D eigenvalue weighted by atomic mass is 16.6. The second-order valence-electron chi connectivity index (χ2n) is 7.65. The standard InChI is InChI=1S/C20H28N4O12/c1-9(25)22-16-14(33-11(3)27)7-20(23-24-21,19(30)31-6)36-18(16)17(35-13(5)29)15(34-12(4)28)8-32-10(2)26/h14-18H,7-8H2,1-6H3,(H,22,25)/t14-,15+,16+,17+,18+,20+/m0/s1. The summed E-state index contributed by atoms with van der Waals surface area (Å²) in [5.41, 5.74) is 6.68. The molecule has 0 aliphatic carbocycles. The van der Waals surface area contributed by atoms with Gasteiger partial charge >= 0.3 is 29.8 Å². The average Bonchev–Trinajstić information content (AvgIpc) is 2.75. The quantitative estimate of drug-likeness (QED) is 0.131. The second kappa shape index (κ2) is 13.3. The van der Waals surface area contributed by atoms with Crippen molar-refractivity contribution in [2.45, 2.75) is 77.2 Å². The number of hydrogen-bond acceptors (Lipinski definition) is 13. The molecule has 0 aromatic heterocycles. The van der Waals surface area contributed by atoms with Gasteiger partial charge in [0.1, 0.15) is 18.8 Å². The molecule has 1 heterocycles. The predicted octanol–water partition coefficient (Wildman–Crippen LogP) is -0.182. The lowest BCUT2D eigenvalue weighted by molar-refractivity contribution is -0.240. The molecule has 1 aliphatic heterocycles. The Morgan fingerprint density at radius 1 is 1.03 bits per heavy atom. The van der Waals surface area contributed by atoms with Gasteiger partial charge in [0.05, 0.1) is 13.2 Å². The van der Waals surface area contributed by atoms with Crippen molar-refractivity contribution in [2.75, 3.05) is 13.7 Å². The third kappa shape index (κ3) is 8.39. The molecular weight excluding hydrogens is 488 g/mol. The van der Waals surface area contributed by atoms with E-state index in [0.29, 0.717) is 0 Å². The third-order valence-corrected chi connectivity index (χ3v) is 4.72. The van der Waals surface area contributed by atoms with Crippen molar-refractivity contribution >= 4 is 35.8 Å². The van der Waals surface area contributed by atoms with Gasteiger partial charge in [-0.2, -0.15) is 0 Å². The fraction of sp³-hybridized carbons (Fsp3) is 0.700. The van der Waals surface area contributed by atoms with E-state index in [1.165, 1.54) is 0 Å². The Morgan fingerprint density at radius 2 is 1.64 bits per heavy atom. The normalized spacial score (nSPS) is 24.6. The molecule has 200 valence electrons. The zero-order valence-electron chi connectivity index (χ0n) is 20.5. The van der Waals surface area contributed by atoms with E-state index >= 15 is 0 Å². The summed E-state index contributed by atoms with van der Waals surface area (Å²) in [6.07, 6.45) is -6.87. The summed E-state index contributed by atoms with van der Waals surface area (Å²) in [7, 11) is 0.974. The lowest BCUT2D eigenvalue weighted by atomic mass is 9.87. The van der Waals surface area contributed by atoms with Gasteiger partial charge in [-0.1, -0.05) is 0 Å². The van der Waals surface area contributed by atoms with Gasteiger partial charge in [0.15, 0.2) is 12.2 Å². The van der Waals surface area contributed by atoms with Crippen molar-refractivity contribution < 1.29 is 57.2 Å².